The van der Waals surface area contributed by atoms with Gasteiger partial charge in [0.15, 0.2) is 0 Å². The third-order valence-electron chi connectivity index (χ3n) is 1.50. The second kappa shape index (κ2) is 2.28. The highest BCUT2D eigenvalue weighted by Crippen LogP contribution is 2.33. The molecule has 0 aromatic rings. The standard InChI is InChI=1S/C6H12OS/c1-4(2)6-5(7)3-8-6/h4-7H,3H2,1-2H3. The molecule has 1 heterocycles. The summed E-state index contributed by atoms with van der Waals surface area (Å²) in [5.41, 5.74) is 0. The van der Waals surface area contributed by atoms with Gasteiger partial charge in [0.25, 0.3) is 0 Å². The highest BCUT2D eigenvalue weighted by atomic mass is 32.2. The summed E-state index contributed by atoms with van der Waals surface area (Å²) >= 11 is 1.87. The first-order valence-corrected chi connectivity index (χ1v) is 4.06. The molecule has 1 nitrogen and oxygen atoms in total. The Morgan fingerprint density at radius 2 is 2.25 bits per heavy atom. The molecule has 0 bridgehead atoms. The largest absolute Gasteiger partial charge is 0.391 e. The van der Waals surface area contributed by atoms with Gasteiger partial charge in [-0.3, -0.25) is 0 Å². The Balaban J connectivity index is 2.26. The van der Waals surface area contributed by atoms with Gasteiger partial charge in [0.1, 0.15) is 0 Å². The molecule has 2 atom stereocenters. The monoisotopic (exact) mass is 132 g/mol. The summed E-state index contributed by atoms with van der Waals surface area (Å²) in [6.07, 6.45) is -0.0139. The van der Waals surface area contributed by atoms with E-state index >= 15 is 0 Å². The minimum absolute atomic E-state index is 0.0139. The average molecular weight is 132 g/mol. The molecule has 0 aromatic carbocycles. The number of aliphatic hydroxyl groups is 1. The van der Waals surface area contributed by atoms with Crippen molar-refractivity contribution in [2.75, 3.05) is 5.75 Å². The molecule has 0 amide bonds. The Bertz CT molecular complexity index is 77.8. The maximum absolute atomic E-state index is 9.06. The van der Waals surface area contributed by atoms with Gasteiger partial charge in [0.05, 0.1) is 6.10 Å². The Labute approximate surface area is 54.5 Å². The van der Waals surface area contributed by atoms with Crippen molar-refractivity contribution in [1.82, 2.24) is 0 Å². The van der Waals surface area contributed by atoms with E-state index in [0.29, 0.717) is 11.2 Å². The maximum Gasteiger partial charge on any atom is 0.0751 e. The van der Waals surface area contributed by atoms with Crippen molar-refractivity contribution in [1.29, 1.82) is 0 Å². The van der Waals surface area contributed by atoms with Crippen LogP contribution in [0.4, 0.5) is 0 Å². The van der Waals surface area contributed by atoms with E-state index in [2.05, 4.69) is 13.8 Å². The second-order valence-electron chi connectivity index (χ2n) is 2.61. The van der Waals surface area contributed by atoms with Crippen molar-refractivity contribution >= 4 is 11.8 Å². The SMILES string of the molecule is CC(C)C1SCC1O. The quantitative estimate of drug-likeness (QED) is 0.577. The van der Waals surface area contributed by atoms with E-state index in [0.717, 1.165) is 5.75 Å². The van der Waals surface area contributed by atoms with Crippen LogP contribution in [0.5, 0.6) is 0 Å². The summed E-state index contributed by atoms with van der Waals surface area (Å²) in [6, 6.07) is 0. The van der Waals surface area contributed by atoms with Gasteiger partial charge in [0.2, 0.25) is 0 Å². The van der Waals surface area contributed by atoms with Crippen LogP contribution in [0.2, 0.25) is 0 Å². The van der Waals surface area contributed by atoms with Crippen LogP contribution in [-0.2, 0) is 0 Å². The molecule has 1 aliphatic heterocycles. The fourth-order valence-corrected chi connectivity index (χ4v) is 1.90. The average Bonchev–Trinajstić information content (AvgIpc) is 1.61. The van der Waals surface area contributed by atoms with Gasteiger partial charge in [-0.25, -0.2) is 0 Å². The first-order chi connectivity index (χ1) is 3.72. The van der Waals surface area contributed by atoms with Gasteiger partial charge in [-0.05, 0) is 5.92 Å². The molecule has 8 heavy (non-hydrogen) atoms. The lowest BCUT2D eigenvalue weighted by Crippen LogP contribution is -2.39. The predicted molar refractivity (Wildman–Crippen MR) is 37.1 cm³/mol. The Morgan fingerprint density at radius 3 is 2.25 bits per heavy atom. The van der Waals surface area contributed by atoms with Crippen molar-refractivity contribution in [3.05, 3.63) is 0 Å². The summed E-state index contributed by atoms with van der Waals surface area (Å²) in [4.78, 5) is 0. The molecule has 1 rings (SSSR count). The third-order valence-corrected chi connectivity index (χ3v) is 3.27. The molecular weight excluding hydrogens is 120 g/mol. The zero-order valence-corrected chi connectivity index (χ0v) is 6.11. The zero-order valence-electron chi connectivity index (χ0n) is 5.29. The summed E-state index contributed by atoms with van der Waals surface area (Å²) in [5, 5.41) is 9.58. The van der Waals surface area contributed by atoms with Crippen molar-refractivity contribution in [2.45, 2.75) is 25.2 Å². The number of aliphatic hydroxyl groups excluding tert-OH is 1. The normalized spacial score (nSPS) is 37.5. The number of hydrogen-bond donors (Lipinski definition) is 1. The maximum atomic E-state index is 9.06. The van der Waals surface area contributed by atoms with E-state index in [9.17, 15) is 0 Å². The van der Waals surface area contributed by atoms with Crippen molar-refractivity contribution in [2.24, 2.45) is 5.92 Å². The van der Waals surface area contributed by atoms with Crippen LogP contribution in [0, 0.1) is 5.92 Å². The van der Waals surface area contributed by atoms with Gasteiger partial charge >= 0.3 is 0 Å². The number of hydrogen-bond acceptors (Lipinski definition) is 2. The molecule has 2 unspecified atom stereocenters. The van der Waals surface area contributed by atoms with E-state index in [-0.39, 0.29) is 6.10 Å². The molecule has 0 radical (unpaired) electrons. The van der Waals surface area contributed by atoms with Crippen LogP contribution in [0.25, 0.3) is 0 Å². The smallest absolute Gasteiger partial charge is 0.0751 e. The second-order valence-corrected chi connectivity index (χ2v) is 3.82. The van der Waals surface area contributed by atoms with Crippen LogP contribution in [0.15, 0.2) is 0 Å². The molecule has 1 saturated heterocycles. The Hall–Kier alpha value is 0.310. The van der Waals surface area contributed by atoms with Crippen molar-refractivity contribution < 1.29 is 5.11 Å². The van der Waals surface area contributed by atoms with Gasteiger partial charge in [0, 0.05) is 11.0 Å². The fourth-order valence-electron chi connectivity index (χ4n) is 0.930. The van der Waals surface area contributed by atoms with Crippen LogP contribution in [0.1, 0.15) is 13.8 Å². The van der Waals surface area contributed by atoms with Crippen LogP contribution >= 0.6 is 11.8 Å². The third kappa shape index (κ3) is 1.00. The van der Waals surface area contributed by atoms with E-state index in [1.165, 1.54) is 0 Å². The lowest BCUT2D eigenvalue weighted by atomic mass is 10.1. The van der Waals surface area contributed by atoms with E-state index in [1.807, 2.05) is 11.8 Å². The minimum Gasteiger partial charge on any atom is -0.391 e. The molecule has 1 fully saturated rings. The summed E-state index contributed by atoms with van der Waals surface area (Å²) in [6.45, 7) is 4.31. The molecule has 0 aliphatic carbocycles. The van der Waals surface area contributed by atoms with Gasteiger partial charge < -0.3 is 5.11 Å². The molecule has 0 saturated carbocycles. The van der Waals surface area contributed by atoms with E-state index in [4.69, 9.17) is 5.11 Å². The Kier molecular flexibility index (Phi) is 1.83. The lowest BCUT2D eigenvalue weighted by molar-refractivity contribution is 0.164. The van der Waals surface area contributed by atoms with Crippen LogP contribution < -0.4 is 0 Å². The van der Waals surface area contributed by atoms with Gasteiger partial charge in [-0.1, -0.05) is 13.8 Å². The van der Waals surface area contributed by atoms with Crippen LogP contribution in [-0.4, -0.2) is 22.2 Å². The first kappa shape index (κ1) is 6.43. The zero-order chi connectivity index (χ0) is 6.15. The molecule has 0 aromatic heterocycles. The highest BCUT2D eigenvalue weighted by Gasteiger charge is 2.31. The first-order valence-electron chi connectivity index (χ1n) is 3.01. The lowest BCUT2D eigenvalue weighted by Gasteiger charge is -2.34. The topological polar surface area (TPSA) is 20.2 Å². The summed E-state index contributed by atoms with van der Waals surface area (Å²) in [5.74, 6) is 1.59. The van der Waals surface area contributed by atoms with Crippen LogP contribution in [0.3, 0.4) is 0 Å². The van der Waals surface area contributed by atoms with Gasteiger partial charge in [-0.15, -0.1) is 0 Å². The highest BCUT2D eigenvalue weighted by molar-refractivity contribution is 8.01. The number of rotatable bonds is 1. The Morgan fingerprint density at radius 1 is 1.62 bits per heavy atom. The van der Waals surface area contributed by atoms with E-state index < -0.39 is 0 Å². The van der Waals surface area contributed by atoms with Crippen molar-refractivity contribution in [3.63, 3.8) is 0 Å². The molecule has 48 valence electrons. The molecule has 0 spiro atoms. The number of thioether (sulfide) groups is 1. The summed E-state index contributed by atoms with van der Waals surface area (Å²) < 4.78 is 0. The van der Waals surface area contributed by atoms with Gasteiger partial charge in [-0.2, -0.15) is 11.8 Å². The molecule has 2 heteroatoms. The predicted octanol–water partition coefficient (Wildman–Crippen LogP) is 1.12. The molecular formula is C6H12OS. The summed E-state index contributed by atoms with van der Waals surface area (Å²) in [7, 11) is 0. The molecule has 1 aliphatic rings. The fraction of sp³-hybridized carbons (Fsp3) is 1.00. The minimum atomic E-state index is -0.0139. The van der Waals surface area contributed by atoms with Crippen molar-refractivity contribution in [3.8, 4) is 0 Å². The molecule has 1 N–H and O–H groups in total. The van der Waals surface area contributed by atoms with E-state index in [1.54, 1.807) is 0 Å².